The fourth-order valence-corrected chi connectivity index (χ4v) is 4.44. The number of hydrogen-bond acceptors (Lipinski definition) is 4. The van der Waals surface area contributed by atoms with Gasteiger partial charge in [-0.05, 0) is 53.3 Å². The van der Waals surface area contributed by atoms with E-state index in [0.29, 0.717) is 12.3 Å². The minimum Gasteiger partial charge on any atom is -0.356 e. The van der Waals surface area contributed by atoms with Crippen LogP contribution in [0.2, 0.25) is 0 Å². The quantitative estimate of drug-likeness (QED) is 0.246. The van der Waals surface area contributed by atoms with Gasteiger partial charge in [-0.1, -0.05) is 54.6 Å². The second-order valence-corrected chi connectivity index (χ2v) is 8.80. The molecule has 4 aromatic rings. The van der Waals surface area contributed by atoms with Gasteiger partial charge in [-0.3, -0.25) is 14.6 Å². The molecule has 1 aliphatic rings. The Bertz CT molecular complexity index is 1390. The summed E-state index contributed by atoms with van der Waals surface area (Å²) in [6, 6.07) is 23.8. The largest absolute Gasteiger partial charge is 0.356 e. The molecule has 2 heterocycles. The Balaban J connectivity index is 1.46. The Morgan fingerprint density at radius 3 is 2.53 bits per heavy atom. The predicted octanol–water partition coefficient (Wildman–Crippen LogP) is 5.00. The van der Waals surface area contributed by atoms with Gasteiger partial charge in [-0.25, -0.2) is 4.98 Å². The normalized spacial score (nSPS) is 14.9. The van der Waals surface area contributed by atoms with Crippen LogP contribution in [-0.2, 0) is 16.0 Å². The summed E-state index contributed by atoms with van der Waals surface area (Å²) < 4.78 is 0. The number of aliphatic imine (C=N–C) groups is 1. The second-order valence-electron chi connectivity index (χ2n) is 8.80. The molecule has 0 spiro atoms. The highest BCUT2D eigenvalue weighted by Crippen LogP contribution is 2.36. The third-order valence-electron chi connectivity index (χ3n) is 6.26. The van der Waals surface area contributed by atoms with Crippen LogP contribution in [0.5, 0.6) is 0 Å². The van der Waals surface area contributed by atoms with Crippen molar-refractivity contribution in [3.05, 3.63) is 102 Å². The molecule has 0 fully saturated rings. The lowest BCUT2D eigenvalue weighted by Gasteiger charge is -2.15. The van der Waals surface area contributed by atoms with Gasteiger partial charge in [-0.15, -0.1) is 0 Å². The average molecular weight is 478 g/mol. The Kier molecular flexibility index (Phi) is 6.71. The molecule has 3 aromatic carbocycles. The van der Waals surface area contributed by atoms with Crippen molar-refractivity contribution in [1.82, 2.24) is 15.3 Å². The summed E-state index contributed by atoms with van der Waals surface area (Å²) in [5.74, 6) is -0.596. The Morgan fingerprint density at radius 1 is 1.03 bits per heavy atom. The van der Waals surface area contributed by atoms with Crippen LogP contribution in [0.4, 0.5) is 11.4 Å². The number of amides is 2. The Hall–Kier alpha value is -4.52. The zero-order valence-corrected chi connectivity index (χ0v) is 20.0. The third-order valence-corrected chi connectivity index (χ3v) is 6.26. The molecule has 7 nitrogen and oxygen atoms in total. The lowest BCUT2D eigenvalue weighted by atomic mass is 9.90. The molecule has 0 saturated carbocycles. The molecule has 7 heteroatoms. The topological polar surface area (TPSA) is 99.2 Å². The number of para-hydroxylation sites is 1. The van der Waals surface area contributed by atoms with Crippen LogP contribution in [0.15, 0.2) is 90.3 Å². The van der Waals surface area contributed by atoms with E-state index < -0.39 is 5.92 Å². The van der Waals surface area contributed by atoms with Crippen molar-refractivity contribution < 1.29 is 9.59 Å². The van der Waals surface area contributed by atoms with Crippen molar-refractivity contribution in [1.29, 1.82) is 0 Å². The molecule has 2 amide bonds. The maximum atomic E-state index is 13.1. The summed E-state index contributed by atoms with van der Waals surface area (Å²) in [7, 11) is 0. The average Bonchev–Trinajstić information content (AvgIpc) is 3.54. The standard InChI is InChI=1S/C29H27N5O2/c1-19(35)31-16-4-5-20-8-10-22(11-9-20)28(27-24-6-2-3-7-25(24)34-29(27)36)33-23-14-12-21(13-15-23)26-17-30-18-32-26/h2-3,6-15,17-18,27H,4-5,16H2,1H3,(H,30,32)(H,31,35)(H,34,36). The molecule has 1 atom stereocenters. The fraction of sp³-hybridized carbons (Fsp3) is 0.172. The number of rotatable bonds is 8. The van der Waals surface area contributed by atoms with Crippen LogP contribution < -0.4 is 10.6 Å². The maximum Gasteiger partial charge on any atom is 0.238 e. The summed E-state index contributed by atoms with van der Waals surface area (Å²) in [6.45, 7) is 2.18. The number of benzene rings is 3. The Morgan fingerprint density at radius 2 is 1.81 bits per heavy atom. The van der Waals surface area contributed by atoms with Crippen LogP contribution in [0.3, 0.4) is 0 Å². The van der Waals surface area contributed by atoms with E-state index in [0.717, 1.165) is 46.6 Å². The van der Waals surface area contributed by atoms with Crippen molar-refractivity contribution >= 4 is 28.9 Å². The van der Waals surface area contributed by atoms with Gasteiger partial charge >= 0.3 is 0 Å². The predicted molar refractivity (Wildman–Crippen MR) is 141 cm³/mol. The van der Waals surface area contributed by atoms with E-state index in [4.69, 9.17) is 4.99 Å². The number of carbonyl (C=O) groups is 2. The summed E-state index contributed by atoms with van der Waals surface area (Å²) in [6.07, 6.45) is 5.15. The number of fused-ring (bicyclic) bond motifs is 1. The lowest BCUT2D eigenvalue weighted by Crippen LogP contribution is -2.22. The molecule has 36 heavy (non-hydrogen) atoms. The number of hydrogen-bond donors (Lipinski definition) is 3. The molecule has 0 aliphatic carbocycles. The number of aryl methyl sites for hydroxylation is 1. The highest BCUT2D eigenvalue weighted by Gasteiger charge is 2.35. The van der Waals surface area contributed by atoms with Gasteiger partial charge < -0.3 is 15.6 Å². The smallest absolute Gasteiger partial charge is 0.238 e. The van der Waals surface area contributed by atoms with Crippen molar-refractivity contribution in [3.8, 4) is 11.3 Å². The number of aromatic amines is 1. The van der Waals surface area contributed by atoms with Crippen LogP contribution in [-0.4, -0.2) is 34.0 Å². The number of aromatic nitrogens is 2. The van der Waals surface area contributed by atoms with Crippen molar-refractivity contribution in [2.45, 2.75) is 25.7 Å². The first kappa shape index (κ1) is 23.2. The fourth-order valence-electron chi connectivity index (χ4n) is 4.44. The van der Waals surface area contributed by atoms with Crippen LogP contribution >= 0.6 is 0 Å². The molecule has 0 radical (unpaired) electrons. The number of nitrogens with zero attached hydrogens (tertiary/aromatic N) is 2. The number of imidazole rings is 1. The Labute approximate surface area is 209 Å². The first-order chi connectivity index (χ1) is 17.6. The van der Waals surface area contributed by atoms with E-state index >= 15 is 0 Å². The number of anilines is 1. The van der Waals surface area contributed by atoms with E-state index in [1.165, 1.54) is 12.5 Å². The SMILES string of the molecule is CC(=O)NCCCc1ccc(C(=Nc2ccc(-c3cnc[nH]3)cc2)C2C(=O)Nc3ccccc32)cc1. The molecule has 1 aliphatic heterocycles. The molecule has 1 unspecified atom stereocenters. The minimum absolute atomic E-state index is 0.0149. The van der Waals surface area contributed by atoms with E-state index in [9.17, 15) is 9.59 Å². The van der Waals surface area contributed by atoms with Crippen LogP contribution in [0.1, 0.15) is 36.0 Å². The highest BCUT2D eigenvalue weighted by atomic mass is 16.2. The zero-order valence-electron chi connectivity index (χ0n) is 20.0. The molecule has 180 valence electrons. The van der Waals surface area contributed by atoms with E-state index in [2.05, 4.69) is 32.7 Å². The van der Waals surface area contributed by atoms with Gasteiger partial charge in [0.2, 0.25) is 11.8 Å². The van der Waals surface area contributed by atoms with Crippen molar-refractivity contribution in [2.75, 3.05) is 11.9 Å². The van der Waals surface area contributed by atoms with Gasteiger partial charge in [0.1, 0.15) is 5.92 Å². The van der Waals surface area contributed by atoms with Crippen molar-refractivity contribution in [3.63, 3.8) is 0 Å². The molecular formula is C29H27N5O2. The lowest BCUT2D eigenvalue weighted by molar-refractivity contribution is -0.119. The first-order valence-corrected chi connectivity index (χ1v) is 12.0. The molecule has 0 bridgehead atoms. The summed E-state index contributed by atoms with van der Waals surface area (Å²) in [5.41, 5.74) is 7.24. The van der Waals surface area contributed by atoms with Crippen molar-refractivity contribution in [2.24, 2.45) is 4.99 Å². The van der Waals surface area contributed by atoms with Crippen LogP contribution in [0, 0.1) is 0 Å². The summed E-state index contributed by atoms with van der Waals surface area (Å²) in [4.78, 5) is 36.4. The van der Waals surface area contributed by atoms with E-state index in [1.54, 1.807) is 12.5 Å². The maximum absolute atomic E-state index is 13.1. The first-order valence-electron chi connectivity index (χ1n) is 12.0. The van der Waals surface area contributed by atoms with Gasteiger partial charge in [-0.2, -0.15) is 0 Å². The van der Waals surface area contributed by atoms with Gasteiger partial charge in [0.15, 0.2) is 0 Å². The number of nitrogens with one attached hydrogen (secondary N) is 3. The van der Waals surface area contributed by atoms with Gasteiger partial charge in [0, 0.05) is 19.2 Å². The molecule has 0 saturated heterocycles. The van der Waals surface area contributed by atoms with E-state index in [-0.39, 0.29) is 11.8 Å². The van der Waals surface area contributed by atoms with Gasteiger partial charge in [0.05, 0.1) is 29.6 Å². The molecule has 1 aromatic heterocycles. The summed E-state index contributed by atoms with van der Waals surface area (Å²) in [5, 5.41) is 5.83. The van der Waals surface area contributed by atoms with Crippen LogP contribution in [0.25, 0.3) is 11.3 Å². The highest BCUT2D eigenvalue weighted by molar-refractivity contribution is 6.24. The third kappa shape index (κ3) is 5.10. The number of H-pyrrole nitrogens is 1. The molecule has 5 rings (SSSR count). The zero-order chi connectivity index (χ0) is 24.9. The number of carbonyl (C=O) groups excluding carboxylic acids is 2. The second kappa shape index (κ2) is 10.4. The monoisotopic (exact) mass is 477 g/mol. The molecule has 3 N–H and O–H groups in total. The molecular weight excluding hydrogens is 450 g/mol. The summed E-state index contributed by atoms with van der Waals surface area (Å²) >= 11 is 0. The minimum atomic E-state index is -0.501. The van der Waals surface area contributed by atoms with E-state index in [1.807, 2.05) is 60.7 Å². The van der Waals surface area contributed by atoms with Gasteiger partial charge in [0.25, 0.3) is 0 Å².